The first kappa shape index (κ1) is 11.6. The Morgan fingerprint density at radius 1 is 1.32 bits per heavy atom. The van der Waals surface area contributed by atoms with Crippen LogP contribution in [-0.4, -0.2) is 35.3 Å². The largest absolute Gasteiger partial charge is 0.495 e. The third-order valence-electron chi connectivity index (χ3n) is 2.96. The van der Waals surface area contributed by atoms with Gasteiger partial charge in [-0.15, -0.1) is 0 Å². The Morgan fingerprint density at radius 2 is 2.21 bits per heavy atom. The third-order valence-corrected chi connectivity index (χ3v) is 2.96. The van der Waals surface area contributed by atoms with Crippen molar-refractivity contribution >= 4 is 12.1 Å². The van der Waals surface area contributed by atoms with Crippen LogP contribution in [0, 0.1) is 6.92 Å². The molecular formula is C14H14N4O. The van der Waals surface area contributed by atoms with Crippen molar-refractivity contribution in [3.63, 3.8) is 0 Å². The molecule has 0 spiro atoms. The van der Waals surface area contributed by atoms with Gasteiger partial charge in [0, 0.05) is 18.0 Å². The van der Waals surface area contributed by atoms with E-state index in [-0.39, 0.29) is 0 Å². The first-order valence-corrected chi connectivity index (χ1v) is 6.04. The van der Waals surface area contributed by atoms with Gasteiger partial charge in [0.25, 0.3) is 0 Å². The van der Waals surface area contributed by atoms with Gasteiger partial charge in [-0.1, -0.05) is 0 Å². The first-order chi connectivity index (χ1) is 9.28. The molecule has 3 rings (SSSR count). The summed E-state index contributed by atoms with van der Waals surface area (Å²) in [6.45, 7) is 2.61. The minimum absolute atomic E-state index is 0.653. The van der Waals surface area contributed by atoms with Crippen LogP contribution in [0.4, 0.5) is 0 Å². The zero-order chi connectivity index (χ0) is 13.2. The molecule has 19 heavy (non-hydrogen) atoms. The van der Waals surface area contributed by atoms with Gasteiger partial charge < -0.3 is 9.30 Å². The topological polar surface area (TPSA) is 51.8 Å². The molecule has 96 valence electrons. The average Bonchev–Trinajstić information content (AvgIpc) is 3.09. The molecular weight excluding hydrogens is 240 g/mol. The summed E-state index contributed by atoms with van der Waals surface area (Å²) in [5.74, 6) is 1.53. The zero-order valence-corrected chi connectivity index (χ0v) is 10.9. The Kier molecular flexibility index (Phi) is 2.87. The van der Waals surface area contributed by atoms with Gasteiger partial charge in [0.05, 0.1) is 31.4 Å². The van der Waals surface area contributed by atoms with Gasteiger partial charge in [0.2, 0.25) is 0 Å². The molecule has 0 radical (unpaired) electrons. The van der Waals surface area contributed by atoms with Crippen LogP contribution in [0.5, 0.6) is 5.75 Å². The van der Waals surface area contributed by atoms with Gasteiger partial charge in [-0.25, -0.2) is 9.98 Å². The average molecular weight is 254 g/mol. The van der Waals surface area contributed by atoms with Gasteiger partial charge in [-0.2, -0.15) is 0 Å². The van der Waals surface area contributed by atoms with Crippen LogP contribution in [0.1, 0.15) is 11.3 Å². The Bertz CT molecular complexity index is 670. The first-order valence-electron chi connectivity index (χ1n) is 6.04. The molecule has 0 fully saturated rings. The van der Waals surface area contributed by atoms with E-state index in [0.717, 1.165) is 28.5 Å². The predicted molar refractivity (Wildman–Crippen MR) is 74.7 cm³/mol. The van der Waals surface area contributed by atoms with E-state index in [9.17, 15) is 0 Å². The van der Waals surface area contributed by atoms with Crippen molar-refractivity contribution in [2.45, 2.75) is 6.92 Å². The molecule has 0 bridgehead atoms. The second-order valence-corrected chi connectivity index (χ2v) is 4.28. The maximum atomic E-state index is 5.45. The minimum Gasteiger partial charge on any atom is -0.495 e. The van der Waals surface area contributed by atoms with E-state index < -0.39 is 0 Å². The lowest BCUT2D eigenvalue weighted by Crippen LogP contribution is -2.00. The highest BCUT2D eigenvalue weighted by Gasteiger charge is 2.11. The molecule has 1 aromatic heterocycles. The lowest BCUT2D eigenvalue weighted by atomic mass is 10.1. The summed E-state index contributed by atoms with van der Waals surface area (Å²) in [6.07, 6.45) is 5.54. The molecule has 0 amide bonds. The van der Waals surface area contributed by atoms with Crippen molar-refractivity contribution in [3.05, 3.63) is 42.0 Å². The molecule has 0 N–H and O–H groups in total. The maximum absolute atomic E-state index is 5.45. The molecule has 0 unspecified atom stereocenters. The van der Waals surface area contributed by atoms with E-state index in [2.05, 4.69) is 15.0 Å². The summed E-state index contributed by atoms with van der Waals surface area (Å²) in [5, 5.41) is 0. The van der Waals surface area contributed by atoms with Crippen molar-refractivity contribution in [3.8, 4) is 11.4 Å². The number of ether oxygens (including phenoxy) is 1. The number of nitrogens with zero attached hydrogens (tertiary/aromatic N) is 4. The fraction of sp³-hybridized carbons (Fsp3) is 0.214. The van der Waals surface area contributed by atoms with Crippen molar-refractivity contribution < 1.29 is 4.74 Å². The van der Waals surface area contributed by atoms with E-state index >= 15 is 0 Å². The summed E-state index contributed by atoms with van der Waals surface area (Å²) in [7, 11) is 1.66. The number of hydrogen-bond acceptors (Lipinski definition) is 4. The summed E-state index contributed by atoms with van der Waals surface area (Å²) >= 11 is 0. The van der Waals surface area contributed by atoms with Crippen LogP contribution in [0.25, 0.3) is 5.69 Å². The second-order valence-electron chi connectivity index (χ2n) is 4.28. The monoisotopic (exact) mass is 254 g/mol. The van der Waals surface area contributed by atoms with Gasteiger partial charge in [0.1, 0.15) is 5.75 Å². The fourth-order valence-corrected chi connectivity index (χ4v) is 2.04. The third kappa shape index (κ3) is 2.14. The van der Waals surface area contributed by atoms with Crippen molar-refractivity contribution in [1.82, 2.24) is 9.55 Å². The van der Waals surface area contributed by atoms with Crippen LogP contribution in [0.3, 0.4) is 0 Å². The maximum Gasteiger partial charge on any atom is 0.154 e. The number of aliphatic imine (C=N–C) groups is 2. The Morgan fingerprint density at radius 3 is 2.84 bits per heavy atom. The van der Waals surface area contributed by atoms with Crippen LogP contribution >= 0.6 is 0 Å². The van der Waals surface area contributed by atoms with E-state index in [1.807, 2.05) is 35.9 Å². The van der Waals surface area contributed by atoms with E-state index in [1.165, 1.54) is 0 Å². The quantitative estimate of drug-likeness (QED) is 0.841. The molecule has 5 heteroatoms. The van der Waals surface area contributed by atoms with Gasteiger partial charge >= 0.3 is 0 Å². The normalized spacial score (nSPS) is 13.7. The molecule has 0 saturated carbocycles. The minimum atomic E-state index is 0.653. The highest BCUT2D eigenvalue weighted by Crippen LogP contribution is 2.25. The number of aryl methyl sites for hydroxylation is 1. The molecule has 5 nitrogen and oxygen atoms in total. The molecule has 0 aliphatic carbocycles. The van der Waals surface area contributed by atoms with E-state index in [0.29, 0.717) is 6.54 Å². The molecule has 0 saturated heterocycles. The summed E-state index contributed by atoms with van der Waals surface area (Å²) < 4.78 is 7.40. The lowest BCUT2D eigenvalue weighted by molar-refractivity contribution is 0.413. The molecule has 2 aromatic rings. The summed E-state index contributed by atoms with van der Waals surface area (Å²) in [5.41, 5.74) is 2.89. The predicted octanol–water partition coefficient (Wildman–Crippen LogP) is 2.02. The highest BCUT2D eigenvalue weighted by molar-refractivity contribution is 6.06. The highest BCUT2D eigenvalue weighted by atomic mass is 16.5. The Hall–Kier alpha value is -2.43. The fourth-order valence-electron chi connectivity index (χ4n) is 2.04. The smallest absolute Gasteiger partial charge is 0.154 e. The van der Waals surface area contributed by atoms with Gasteiger partial charge in [-0.05, 0) is 25.1 Å². The van der Waals surface area contributed by atoms with Gasteiger partial charge in [0.15, 0.2) is 5.84 Å². The Labute approximate surface area is 111 Å². The molecule has 1 aromatic carbocycles. The van der Waals surface area contributed by atoms with Crippen molar-refractivity contribution in [2.75, 3.05) is 13.7 Å². The molecule has 1 aliphatic rings. The number of rotatable bonds is 3. The standard InChI is InChI=1S/C14H14N4O/c1-10-8-18(9-17-10)12-4-3-11(7-13(12)19-2)14-15-5-6-16-14/h3-5,7-9H,6H2,1-2H3. The Balaban J connectivity index is 2.05. The lowest BCUT2D eigenvalue weighted by Gasteiger charge is -2.10. The van der Waals surface area contributed by atoms with Crippen LogP contribution in [0.15, 0.2) is 40.7 Å². The molecule has 0 atom stereocenters. The van der Waals surface area contributed by atoms with Crippen LogP contribution in [-0.2, 0) is 0 Å². The van der Waals surface area contributed by atoms with E-state index in [4.69, 9.17) is 4.74 Å². The number of benzene rings is 1. The van der Waals surface area contributed by atoms with Crippen LogP contribution < -0.4 is 4.74 Å². The summed E-state index contributed by atoms with van der Waals surface area (Å²) in [4.78, 5) is 12.8. The number of methoxy groups -OCH3 is 1. The van der Waals surface area contributed by atoms with Crippen LogP contribution in [0.2, 0.25) is 0 Å². The SMILES string of the molecule is COc1cc(C2=NCC=N2)ccc1-n1cnc(C)c1. The summed E-state index contributed by atoms with van der Waals surface area (Å²) in [6, 6.07) is 5.94. The zero-order valence-electron chi connectivity index (χ0n) is 10.9. The molecule has 2 heterocycles. The number of aromatic nitrogens is 2. The van der Waals surface area contributed by atoms with Crippen molar-refractivity contribution in [2.24, 2.45) is 9.98 Å². The number of hydrogen-bond donors (Lipinski definition) is 0. The number of imidazole rings is 1. The molecule has 1 aliphatic heterocycles. The van der Waals surface area contributed by atoms with Gasteiger partial charge in [-0.3, -0.25) is 4.99 Å². The second kappa shape index (κ2) is 4.68. The van der Waals surface area contributed by atoms with E-state index in [1.54, 1.807) is 19.7 Å². The number of amidine groups is 1. The van der Waals surface area contributed by atoms with Crippen molar-refractivity contribution in [1.29, 1.82) is 0 Å².